The number of hydrogen-bond acceptors (Lipinski definition) is 3. The van der Waals surface area contributed by atoms with E-state index in [1.165, 1.54) is 24.4 Å². The Kier molecular flexibility index (Phi) is 7.91. The van der Waals surface area contributed by atoms with E-state index in [1.54, 1.807) is 0 Å². The number of urea groups is 2. The number of nitrogens with zero attached hydrogens (tertiary/aromatic N) is 5. The van der Waals surface area contributed by atoms with Crippen molar-refractivity contribution in [3.63, 3.8) is 0 Å². The molecule has 1 aliphatic carbocycles. The van der Waals surface area contributed by atoms with Gasteiger partial charge in [-0.3, -0.25) is 4.98 Å². The van der Waals surface area contributed by atoms with E-state index >= 15 is 0 Å². The summed E-state index contributed by atoms with van der Waals surface area (Å²) >= 11 is 3.32. The minimum Gasteiger partial charge on any atom is -0.258 e. The smallest absolute Gasteiger partial charge is 0.258 e. The highest BCUT2D eigenvalue weighted by atomic mass is 79.9. The third kappa shape index (κ3) is 5.92. The number of rotatable bonds is 4. The zero-order valence-corrected chi connectivity index (χ0v) is 25.4. The van der Waals surface area contributed by atoms with Crippen LogP contribution in [-0.4, -0.2) is 37.1 Å². The molecule has 0 spiro atoms. The van der Waals surface area contributed by atoms with Crippen LogP contribution in [0.2, 0.25) is 0 Å². The van der Waals surface area contributed by atoms with Crippen molar-refractivity contribution >= 4 is 28.0 Å². The Hall–Kier alpha value is -4.49. The van der Waals surface area contributed by atoms with Gasteiger partial charge in [0, 0.05) is 16.2 Å². The van der Waals surface area contributed by atoms with Crippen LogP contribution in [0.4, 0.5) is 62.3 Å². The maximum atomic E-state index is 14.2. The van der Waals surface area contributed by atoms with Gasteiger partial charge < -0.3 is 0 Å². The maximum Gasteiger partial charge on any atom is 0.416 e. The fraction of sp³-hybridized carbons (Fsp3) is 0.276. The summed E-state index contributed by atoms with van der Waals surface area (Å²) in [6.07, 6.45) is -17.0. The molecule has 4 amide bonds. The first-order valence-corrected chi connectivity index (χ1v) is 14.5. The van der Waals surface area contributed by atoms with E-state index in [2.05, 4.69) is 20.9 Å². The van der Waals surface area contributed by atoms with Crippen molar-refractivity contribution in [2.75, 3.05) is 0 Å². The second kappa shape index (κ2) is 11.3. The summed E-state index contributed by atoms with van der Waals surface area (Å²) in [4.78, 5) is 32.6. The summed E-state index contributed by atoms with van der Waals surface area (Å²) in [7, 11) is 0. The van der Waals surface area contributed by atoms with Crippen molar-refractivity contribution in [3.8, 4) is 0 Å². The lowest BCUT2D eigenvalue weighted by molar-refractivity contribution is -0.147. The zero-order chi connectivity index (χ0) is 36.0. The van der Waals surface area contributed by atoms with Crippen molar-refractivity contribution in [2.24, 2.45) is 0 Å². The molecule has 2 atom stereocenters. The number of carbonyl (C=O) groups excluding carboxylic acids is 2. The van der Waals surface area contributed by atoms with Gasteiger partial charge in [0.1, 0.15) is 12.1 Å². The average molecular weight is 774 g/mol. The number of halogens is 13. The number of amides is 4. The van der Waals surface area contributed by atoms with E-state index in [-0.39, 0.29) is 17.8 Å². The van der Waals surface area contributed by atoms with Crippen LogP contribution in [0.5, 0.6) is 0 Å². The van der Waals surface area contributed by atoms with Crippen molar-refractivity contribution in [1.29, 1.82) is 0 Å². The summed E-state index contributed by atoms with van der Waals surface area (Å²) in [5, 5.41) is 2.22. The molecule has 3 aromatic rings. The third-order valence-corrected chi connectivity index (χ3v) is 8.72. The van der Waals surface area contributed by atoms with Crippen LogP contribution in [0.25, 0.3) is 0 Å². The largest absolute Gasteiger partial charge is 0.416 e. The molecule has 1 aromatic heterocycles. The molecular weight excluding hydrogens is 758 g/mol. The van der Waals surface area contributed by atoms with Crippen LogP contribution in [0.15, 0.2) is 65.3 Å². The maximum absolute atomic E-state index is 14.2. The summed E-state index contributed by atoms with van der Waals surface area (Å²) in [5.41, 5.74) is -8.43. The zero-order valence-electron chi connectivity index (χ0n) is 23.8. The highest BCUT2D eigenvalue weighted by molar-refractivity contribution is 9.10. The van der Waals surface area contributed by atoms with Gasteiger partial charge in [-0.1, -0.05) is 40.2 Å². The lowest BCUT2D eigenvalue weighted by Crippen LogP contribution is -2.71. The quantitative estimate of drug-likeness (QED) is 0.196. The van der Waals surface area contributed by atoms with Gasteiger partial charge in [0.2, 0.25) is 0 Å². The van der Waals surface area contributed by atoms with Gasteiger partial charge in [-0.15, -0.1) is 0 Å². The van der Waals surface area contributed by atoms with Crippen LogP contribution in [0.3, 0.4) is 0 Å². The monoisotopic (exact) mass is 773 g/mol. The van der Waals surface area contributed by atoms with Crippen LogP contribution >= 0.6 is 15.9 Å². The molecule has 1 saturated heterocycles. The number of aromatic nitrogens is 1. The van der Waals surface area contributed by atoms with Gasteiger partial charge in [0.15, 0.2) is 0 Å². The number of carbonyl (C=O) groups is 2. The predicted octanol–water partition coefficient (Wildman–Crippen LogP) is 9.28. The molecule has 260 valence electrons. The van der Waals surface area contributed by atoms with E-state index < -0.39 is 95.3 Å². The van der Waals surface area contributed by atoms with E-state index in [4.69, 9.17) is 0 Å². The fourth-order valence-electron chi connectivity index (χ4n) is 5.86. The number of alkyl halides is 12. The molecule has 4 heterocycles. The van der Waals surface area contributed by atoms with Gasteiger partial charge in [0.05, 0.1) is 41.0 Å². The van der Waals surface area contributed by atoms with Gasteiger partial charge in [-0.2, -0.15) is 52.7 Å². The number of hydrazine groups is 2. The Bertz CT molecular complexity index is 1890. The molecule has 7 rings (SSSR count). The van der Waals surface area contributed by atoms with E-state index in [1.807, 2.05) is 0 Å². The molecular formula is C29H16BrF12N5O2. The van der Waals surface area contributed by atoms with E-state index in [0.717, 1.165) is 10.0 Å². The summed E-state index contributed by atoms with van der Waals surface area (Å²) in [6, 6.07) is -2.41. The van der Waals surface area contributed by atoms with Crippen molar-refractivity contribution in [3.05, 3.63) is 110 Å². The highest BCUT2D eigenvalue weighted by Gasteiger charge is 2.55. The standard InChI is InChI=1S/C29H16BrF12N5O2/c30-19-7-8-43-23-21-6-5-20(22(19)23)46-24(48)44(11-13-1-3-15(26(31,32)33)9-17(13)28(37,38)39)45(25(49)47(21)46)12-14-2-4-16(27(34,35)36)10-18(14)29(40,41)42/h1-10,20-21H,11-12H2. The van der Waals surface area contributed by atoms with Gasteiger partial charge in [0.25, 0.3) is 0 Å². The minimum atomic E-state index is -5.44. The summed E-state index contributed by atoms with van der Waals surface area (Å²) in [5.74, 6) is 0. The normalized spacial score (nSPS) is 19.5. The molecule has 0 N–H and O–H groups in total. The molecule has 0 radical (unpaired) electrons. The van der Waals surface area contributed by atoms with Crippen LogP contribution in [-0.2, 0) is 37.8 Å². The van der Waals surface area contributed by atoms with E-state index in [9.17, 15) is 62.3 Å². The van der Waals surface area contributed by atoms with Crippen LogP contribution < -0.4 is 0 Å². The SMILES string of the molecule is O=C1N(Cc2ccc(C(F)(F)F)cc2C(F)(F)F)N(Cc2ccc(C(F)(F)F)cc2C(F)(F)F)C(=O)N2C3C=CC(c4nccc(Br)c43)N12. The van der Waals surface area contributed by atoms with E-state index in [0.29, 0.717) is 44.3 Å². The Morgan fingerprint density at radius 2 is 1.04 bits per heavy atom. The Balaban J connectivity index is 1.51. The second-order valence-corrected chi connectivity index (χ2v) is 11.8. The molecule has 4 aliphatic rings. The number of pyridine rings is 1. The van der Waals surface area contributed by atoms with Crippen molar-refractivity contribution in [1.82, 2.24) is 25.0 Å². The number of benzene rings is 2. The molecule has 49 heavy (non-hydrogen) atoms. The Morgan fingerprint density at radius 1 is 0.612 bits per heavy atom. The fourth-order valence-corrected chi connectivity index (χ4v) is 6.42. The Labute approximate surface area is 275 Å². The molecule has 2 aromatic carbocycles. The van der Waals surface area contributed by atoms with Crippen molar-refractivity contribution in [2.45, 2.75) is 49.9 Å². The molecule has 20 heteroatoms. The molecule has 0 saturated carbocycles. The number of hydrogen-bond donors (Lipinski definition) is 0. The molecule has 1 fully saturated rings. The van der Waals surface area contributed by atoms with Crippen LogP contribution in [0, 0.1) is 0 Å². The van der Waals surface area contributed by atoms with Gasteiger partial charge >= 0.3 is 36.8 Å². The second-order valence-electron chi connectivity index (χ2n) is 11.0. The lowest BCUT2D eigenvalue weighted by atomic mass is 9.90. The summed E-state index contributed by atoms with van der Waals surface area (Å²) in [6.45, 7) is -2.57. The topological polar surface area (TPSA) is 60.0 Å². The third-order valence-electron chi connectivity index (χ3n) is 8.03. The van der Waals surface area contributed by atoms with Crippen molar-refractivity contribution < 1.29 is 62.3 Å². The average Bonchev–Trinajstić information content (AvgIpc) is 2.99. The van der Waals surface area contributed by atoms with Crippen LogP contribution in [0.1, 0.15) is 56.7 Å². The minimum absolute atomic E-state index is 0.218. The first kappa shape index (κ1) is 34.4. The predicted molar refractivity (Wildman–Crippen MR) is 145 cm³/mol. The molecule has 2 bridgehead atoms. The first-order chi connectivity index (χ1) is 22.6. The molecule has 7 nitrogen and oxygen atoms in total. The molecule has 3 aliphatic heterocycles. The van der Waals surface area contributed by atoms with Gasteiger partial charge in [-0.25, -0.2) is 29.6 Å². The van der Waals surface area contributed by atoms with Gasteiger partial charge in [-0.05, 0) is 41.5 Å². The summed E-state index contributed by atoms with van der Waals surface area (Å²) < 4.78 is 165. The highest BCUT2D eigenvalue weighted by Crippen LogP contribution is 2.50. The Morgan fingerprint density at radius 3 is 1.47 bits per heavy atom. The lowest BCUT2D eigenvalue weighted by Gasteiger charge is -2.56. The molecule has 2 unspecified atom stereocenters. The first-order valence-electron chi connectivity index (χ1n) is 13.7.